The Morgan fingerprint density at radius 3 is 2.53 bits per heavy atom. The van der Waals surface area contributed by atoms with Crippen molar-refractivity contribution in [2.45, 2.75) is 26.8 Å². The summed E-state index contributed by atoms with van der Waals surface area (Å²) in [5.41, 5.74) is 1.20. The van der Waals surface area contributed by atoms with Crippen LogP contribution in [0.5, 0.6) is 0 Å². The third-order valence-electron chi connectivity index (χ3n) is 2.40. The Morgan fingerprint density at radius 2 is 2.00 bits per heavy atom. The van der Waals surface area contributed by atoms with Crippen LogP contribution in [-0.2, 0) is 11.3 Å². The van der Waals surface area contributed by atoms with Gasteiger partial charge < -0.3 is 0 Å². The van der Waals surface area contributed by atoms with Crippen molar-refractivity contribution in [1.29, 1.82) is 0 Å². The summed E-state index contributed by atoms with van der Waals surface area (Å²) in [6, 6.07) is 3.97. The number of carbonyl (C=O) groups excluding carboxylic acids is 1. The second-order valence-corrected chi connectivity index (χ2v) is 3.55. The van der Waals surface area contributed by atoms with Gasteiger partial charge in [-0.25, -0.2) is 0 Å². The molecule has 0 saturated heterocycles. The topological polar surface area (TPSA) is 33.2 Å². The predicted molar refractivity (Wildman–Crippen MR) is 60.5 cm³/mol. The number of hydrogen-bond donors (Lipinski definition) is 0. The maximum atomic E-state index is 11.3. The molecule has 1 aromatic rings. The van der Waals surface area contributed by atoms with Crippen LogP contribution in [0.4, 0.5) is 0 Å². The van der Waals surface area contributed by atoms with E-state index < -0.39 is 0 Å². The Labute approximate surface area is 91.1 Å². The van der Waals surface area contributed by atoms with Crippen LogP contribution in [0.15, 0.2) is 24.5 Å². The molecular weight excluding hydrogens is 188 g/mol. The summed E-state index contributed by atoms with van der Waals surface area (Å²) < 4.78 is 0. The molecule has 0 saturated carbocycles. The van der Waals surface area contributed by atoms with Gasteiger partial charge in [-0.05, 0) is 24.2 Å². The molecular formula is C12H18N2O. The number of nitrogens with zero attached hydrogens (tertiary/aromatic N) is 2. The summed E-state index contributed by atoms with van der Waals surface area (Å²) in [5.74, 6) is 0.297. The van der Waals surface area contributed by atoms with E-state index >= 15 is 0 Å². The number of carbonyl (C=O) groups is 1. The fourth-order valence-corrected chi connectivity index (χ4v) is 1.39. The lowest BCUT2D eigenvalue weighted by atomic mass is 10.2. The zero-order valence-corrected chi connectivity index (χ0v) is 9.44. The van der Waals surface area contributed by atoms with Gasteiger partial charge in [0.15, 0.2) is 0 Å². The van der Waals surface area contributed by atoms with E-state index in [1.165, 1.54) is 5.56 Å². The molecule has 0 aromatic carbocycles. The molecule has 1 rings (SSSR count). The van der Waals surface area contributed by atoms with Gasteiger partial charge >= 0.3 is 0 Å². The van der Waals surface area contributed by atoms with Crippen LogP contribution < -0.4 is 0 Å². The van der Waals surface area contributed by atoms with Crippen LogP contribution in [0.2, 0.25) is 0 Å². The van der Waals surface area contributed by atoms with Crippen molar-refractivity contribution >= 4 is 5.78 Å². The number of hydrogen-bond acceptors (Lipinski definition) is 3. The minimum atomic E-state index is 0.297. The molecule has 0 aliphatic carbocycles. The Morgan fingerprint density at radius 1 is 1.33 bits per heavy atom. The van der Waals surface area contributed by atoms with Crippen molar-refractivity contribution in [2.24, 2.45) is 0 Å². The molecule has 0 spiro atoms. The van der Waals surface area contributed by atoms with E-state index in [0.29, 0.717) is 18.7 Å². The lowest BCUT2D eigenvalue weighted by Crippen LogP contribution is -2.28. The molecule has 0 N–H and O–H groups in total. The smallest absolute Gasteiger partial charge is 0.146 e. The molecule has 0 amide bonds. The highest BCUT2D eigenvalue weighted by Gasteiger charge is 2.07. The molecule has 1 aromatic heterocycles. The van der Waals surface area contributed by atoms with Crippen molar-refractivity contribution in [2.75, 3.05) is 13.1 Å². The maximum absolute atomic E-state index is 11.3. The molecule has 0 unspecified atom stereocenters. The summed E-state index contributed by atoms with van der Waals surface area (Å²) >= 11 is 0. The van der Waals surface area contributed by atoms with Crippen LogP contribution in [0.3, 0.4) is 0 Å². The Bertz CT molecular complexity index is 298. The zero-order valence-electron chi connectivity index (χ0n) is 9.44. The highest BCUT2D eigenvalue weighted by molar-refractivity contribution is 5.80. The molecule has 82 valence electrons. The van der Waals surface area contributed by atoms with Gasteiger partial charge in [0.25, 0.3) is 0 Å². The first-order valence-electron chi connectivity index (χ1n) is 5.39. The lowest BCUT2D eigenvalue weighted by Gasteiger charge is -2.19. The summed E-state index contributed by atoms with van der Waals surface area (Å²) in [6.07, 6.45) is 4.18. The molecule has 15 heavy (non-hydrogen) atoms. The van der Waals surface area contributed by atoms with Crippen LogP contribution in [-0.4, -0.2) is 28.8 Å². The molecule has 0 fully saturated rings. The second-order valence-electron chi connectivity index (χ2n) is 3.55. The molecule has 0 atom stereocenters. The first-order chi connectivity index (χ1) is 7.26. The molecule has 3 heteroatoms. The number of Topliss-reactive ketones (excluding diaryl/α,β-unsaturated/α-hetero) is 1. The van der Waals surface area contributed by atoms with Crippen molar-refractivity contribution in [1.82, 2.24) is 9.88 Å². The Kier molecular flexibility index (Phi) is 4.98. The van der Waals surface area contributed by atoms with Gasteiger partial charge in [-0.2, -0.15) is 0 Å². The largest absolute Gasteiger partial charge is 0.298 e. The Hall–Kier alpha value is -1.22. The fraction of sp³-hybridized carbons (Fsp3) is 0.500. The molecule has 0 radical (unpaired) electrons. The first kappa shape index (κ1) is 11.9. The number of rotatable bonds is 6. The zero-order chi connectivity index (χ0) is 11.1. The fourth-order valence-electron chi connectivity index (χ4n) is 1.39. The highest BCUT2D eigenvalue weighted by atomic mass is 16.1. The SMILES string of the molecule is CCC(=O)CN(CC)Cc1ccncc1. The van der Waals surface area contributed by atoms with E-state index in [1.54, 1.807) is 12.4 Å². The molecule has 1 heterocycles. The standard InChI is InChI=1S/C12H18N2O/c1-3-12(15)10-14(4-2)9-11-5-7-13-8-6-11/h5-8H,3-4,9-10H2,1-2H3. The number of likely N-dealkylation sites (N-methyl/N-ethyl adjacent to an activating group) is 1. The lowest BCUT2D eigenvalue weighted by molar-refractivity contribution is -0.120. The van der Waals surface area contributed by atoms with Crippen molar-refractivity contribution < 1.29 is 4.79 Å². The number of ketones is 1. The average molecular weight is 206 g/mol. The predicted octanol–water partition coefficient (Wildman–Crippen LogP) is 1.88. The minimum Gasteiger partial charge on any atom is -0.298 e. The van der Waals surface area contributed by atoms with E-state index in [-0.39, 0.29) is 0 Å². The van der Waals surface area contributed by atoms with E-state index in [4.69, 9.17) is 0 Å². The summed E-state index contributed by atoms with van der Waals surface area (Å²) in [5, 5.41) is 0. The third-order valence-corrected chi connectivity index (χ3v) is 2.40. The van der Waals surface area contributed by atoms with Crippen molar-refractivity contribution in [3.63, 3.8) is 0 Å². The van der Waals surface area contributed by atoms with Gasteiger partial charge in [0.05, 0.1) is 6.54 Å². The maximum Gasteiger partial charge on any atom is 0.146 e. The van der Waals surface area contributed by atoms with E-state index in [9.17, 15) is 4.79 Å². The third kappa shape index (κ3) is 4.21. The van der Waals surface area contributed by atoms with Crippen molar-refractivity contribution in [3.8, 4) is 0 Å². The van der Waals surface area contributed by atoms with Gasteiger partial charge in [0.2, 0.25) is 0 Å². The summed E-state index contributed by atoms with van der Waals surface area (Å²) in [4.78, 5) is 17.4. The van der Waals surface area contributed by atoms with Gasteiger partial charge in [-0.3, -0.25) is 14.7 Å². The first-order valence-corrected chi connectivity index (χ1v) is 5.39. The van der Waals surface area contributed by atoms with E-state index in [2.05, 4.69) is 16.8 Å². The van der Waals surface area contributed by atoms with Crippen LogP contribution in [0.25, 0.3) is 0 Å². The number of aromatic nitrogens is 1. The minimum absolute atomic E-state index is 0.297. The molecule has 0 aliphatic heterocycles. The summed E-state index contributed by atoms with van der Waals surface area (Å²) in [6.45, 7) is 6.25. The monoisotopic (exact) mass is 206 g/mol. The normalized spacial score (nSPS) is 10.6. The van der Waals surface area contributed by atoms with Gasteiger partial charge in [0.1, 0.15) is 5.78 Å². The highest BCUT2D eigenvalue weighted by Crippen LogP contribution is 2.03. The number of pyridine rings is 1. The van der Waals surface area contributed by atoms with Crippen LogP contribution in [0.1, 0.15) is 25.8 Å². The average Bonchev–Trinajstić information content (AvgIpc) is 2.29. The quantitative estimate of drug-likeness (QED) is 0.712. The van der Waals surface area contributed by atoms with Crippen LogP contribution in [0, 0.1) is 0 Å². The van der Waals surface area contributed by atoms with Gasteiger partial charge in [0, 0.05) is 25.4 Å². The summed E-state index contributed by atoms with van der Waals surface area (Å²) in [7, 11) is 0. The molecule has 0 bridgehead atoms. The van der Waals surface area contributed by atoms with E-state index in [0.717, 1.165) is 13.1 Å². The van der Waals surface area contributed by atoms with Gasteiger partial charge in [-0.1, -0.05) is 13.8 Å². The van der Waals surface area contributed by atoms with E-state index in [1.807, 2.05) is 19.1 Å². The second kappa shape index (κ2) is 6.30. The van der Waals surface area contributed by atoms with Crippen molar-refractivity contribution in [3.05, 3.63) is 30.1 Å². The molecule has 0 aliphatic rings. The van der Waals surface area contributed by atoms with Crippen LogP contribution >= 0.6 is 0 Å². The Balaban J connectivity index is 2.50. The molecule has 3 nitrogen and oxygen atoms in total. The van der Waals surface area contributed by atoms with Gasteiger partial charge in [-0.15, -0.1) is 0 Å².